The second-order valence-electron chi connectivity index (χ2n) is 17.8. The third-order valence-corrected chi connectivity index (χ3v) is 13.3. The van der Waals surface area contributed by atoms with Crippen LogP contribution in [0, 0.1) is 27.7 Å². The van der Waals surface area contributed by atoms with Gasteiger partial charge in [-0.3, -0.25) is 9.59 Å². The summed E-state index contributed by atoms with van der Waals surface area (Å²) in [5, 5.41) is 0. The van der Waals surface area contributed by atoms with Gasteiger partial charge in [-0.25, -0.2) is 0 Å². The summed E-state index contributed by atoms with van der Waals surface area (Å²) in [6.07, 6.45) is 0. The molecule has 0 heterocycles. The summed E-state index contributed by atoms with van der Waals surface area (Å²) in [6, 6.07) is 34.3. The lowest BCUT2D eigenvalue weighted by Crippen LogP contribution is -2.23. The van der Waals surface area contributed by atoms with Crippen LogP contribution in [0.2, 0.25) is 0 Å². The van der Waals surface area contributed by atoms with E-state index < -0.39 is 23.0 Å². The van der Waals surface area contributed by atoms with Crippen molar-refractivity contribution in [2.45, 2.75) is 107 Å². The minimum absolute atomic E-state index is 0.0881. The van der Waals surface area contributed by atoms with E-state index in [0.29, 0.717) is 23.0 Å². The zero-order valence-electron chi connectivity index (χ0n) is 38.9. The summed E-state index contributed by atoms with van der Waals surface area (Å²) in [6.45, 7) is 24.8. The molecule has 6 aromatic carbocycles. The highest BCUT2D eigenvalue weighted by Crippen LogP contribution is 2.51. The van der Waals surface area contributed by atoms with Crippen molar-refractivity contribution in [1.82, 2.24) is 0 Å². The summed E-state index contributed by atoms with van der Waals surface area (Å²) >= 11 is 0. The van der Waals surface area contributed by atoms with Gasteiger partial charge in [0.25, 0.3) is 0 Å². The van der Waals surface area contributed by atoms with E-state index in [4.69, 9.17) is 27.1 Å². The van der Waals surface area contributed by atoms with Crippen molar-refractivity contribution in [2.24, 2.45) is 0 Å². The molecule has 1 aliphatic rings. The molecule has 6 aromatic rings. The topological polar surface area (TPSA) is 89.5 Å². The highest BCUT2D eigenvalue weighted by molar-refractivity contribution is 7.43. The van der Waals surface area contributed by atoms with Crippen molar-refractivity contribution in [3.05, 3.63) is 176 Å². The molecule has 0 unspecified atom stereocenters. The minimum Gasteiger partial charge on any atom is -0.408 e. The Balaban J connectivity index is 1.31. The molecule has 8 nitrogen and oxygen atoms in total. The smallest absolute Gasteiger partial charge is 0.408 e. The quantitative estimate of drug-likeness (QED) is 0.0886. The van der Waals surface area contributed by atoms with Crippen molar-refractivity contribution in [1.29, 1.82) is 0 Å². The fraction of sp³-hybridized carbons (Fsp3) is 0.296. The van der Waals surface area contributed by atoms with E-state index >= 15 is 4.79 Å². The maximum absolute atomic E-state index is 15.2. The average Bonchev–Trinajstić information content (AvgIpc) is 3.22. The Bertz CT molecular complexity index is 2400. The van der Waals surface area contributed by atoms with Gasteiger partial charge in [0.15, 0.2) is 5.78 Å². The number of hydrogen-bond donors (Lipinski definition) is 0. The summed E-state index contributed by atoms with van der Waals surface area (Å²) in [5.74, 6) is 2.52. The lowest BCUT2D eigenvalue weighted by atomic mass is 9.83. The predicted molar refractivity (Wildman–Crippen MR) is 258 cm³/mol. The number of hydrogen-bond acceptors (Lipinski definition) is 8. The molecule has 0 radical (unpaired) electrons. The molecule has 0 spiro atoms. The molecule has 64 heavy (non-hydrogen) atoms. The second kappa shape index (κ2) is 19.6. The van der Waals surface area contributed by atoms with Gasteiger partial charge in [0.2, 0.25) is 5.78 Å². The first-order valence-corrected chi connectivity index (χ1v) is 24.1. The van der Waals surface area contributed by atoms with Crippen molar-refractivity contribution >= 4 is 28.8 Å². The summed E-state index contributed by atoms with van der Waals surface area (Å²) in [4.78, 5) is 29.7. The number of carbonyl (C=O) groups excluding carboxylic acids is 2. The van der Waals surface area contributed by atoms with Gasteiger partial charge in [-0.05, 0) is 132 Å². The molecule has 0 aromatic heterocycles. The van der Waals surface area contributed by atoms with E-state index in [-0.39, 0.29) is 63.2 Å². The Kier molecular flexibility index (Phi) is 14.2. The molecule has 0 atom stereocenters. The SMILES string of the molecule is Cc1ccc(C(C)C)c(OP(Oc2cc(C)ccc2C(C)C)Oc2cccc3c2C(=O)c2c(OP(Oc4cc(C)ccc4C(C)C)Oc4cc(C)ccc4C(C)C)cccc2C3=O)c1. The molecule has 0 aliphatic heterocycles. The molecule has 0 saturated heterocycles. The first-order chi connectivity index (χ1) is 30.5. The molecule has 1 aliphatic carbocycles. The first-order valence-electron chi connectivity index (χ1n) is 21.9. The fourth-order valence-corrected chi connectivity index (χ4v) is 9.84. The van der Waals surface area contributed by atoms with Gasteiger partial charge in [0, 0.05) is 11.1 Å². The monoisotopic (exact) mass is 896 g/mol. The molecule has 0 saturated carbocycles. The number of ketones is 2. The van der Waals surface area contributed by atoms with Crippen LogP contribution in [0.5, 0.6) is 34.5 Å². The molecule has 7 rings (SSSR count). The highest BCUT2D eigenvalue weighted by atomic mass is 31.2. The largest absolute Gasteiger partial charge is 0.530 e. The summed E-state index contributed by atoms with van der Waals surface area (Å²) < 4.78 is 40.4. The number of aryl methyl sites for hydroxylation is 4. The lowest BCUT2D eigenvalue weighted by Gasteiger charge is -2.26. The van der Waals surface area contributed by atoms with E-state index in [1.807, 2.05) is 76.2 Å². The predicted octanol–water partition coefficient (Wildman–Crippen LogP) is 15.7. The standard InChI is InChI=1S/C54H58O8P2/c1-31(2)39-23-19-35(9)27-47(39)59-63(60-48-28-36(10)20-24-40(48)32(3)4)57-45-17-13-15-43-51(45)54(56)52-44(53(43)55)16-14-18-46(52)58-64(61-49-29-37(11)21-25-41(49)33(5)6)62-50-30-38(12)22-26-42(50)34(7)8/h13-34H,1-12H3. The molecule has 0 N–H and O–H groups in total. The maximum Gasteiger partial charge on any atom is 0.530 e. The van der Waals surface area contributed by atoms with Gasteiger partial charge in [-0.1, -0.05) is 128 Å². The fourth-order valence-electron chi connectivity index (χ4n) is 7.72. The minimum atomic E-state index is -2.24. The Morgan fingerprint density at radius 1 is 0.344 bits per heavy atom. The van der Waals surface area contributed by atoms with E-state index in [9.17, 15) is 4.79 Å². The van der Waals surface area contributed by atoms with Crippen LogP contribution >= 0.6 is 17.2 Å². The van der Waals surface area contributed by atoms with E-state index in [1.165, 1.54) is 0 Å². The Morgan fingerprint density at radius 2 is 0.609 bits per heavy atom. The van der Waals surface area contributed by atoms with Crippen LogP contribution in [0.15, 0.2) is 109 Å². The Hall–Kier alpha value is -5.68. The molecular formula is C54H58O8P2. The van der Waals surface area contributed by atoms with Gasteiger partial charge >= 0.3 is 17.2 Å². The van der Waals surface area contributed by atoms with E-state index in [2.05, 4.69) is 79.7 Å². The van der Waals surface area contributed by atoms with E-state index in [0.717, 1.165) is 44.5 Å². The molecule has 0 amide bonds. The number of benzene rings is 6. The summed E-state index contributed by atoms with van der Waals surface area (Å²) in [5.41, 5.74) is 8.54. The van der Waals surface area contributed by atoms with Crippen LogP contribution in [0.3, 0.4) is 0 Å². The van der Waals surface area contributed by atoms with Gasteiger partial charge in [0.1, 0.15) is 34.5 Å². The third-order valence-electron chi connectivity index (χ3n) is 11.2. The van der Waals surface area contributed by atoms with Crippen LogP contribution in [0.1, 0.15) is 155 Å². The Morgan fingerprint density at radius 3 is 0.875 bits per heavy atom. The number of rotatable bonds is 16. The van der Waals surface area contributed by atoms with Gasteiger partial charge in [-0.15, -0.1) is 0 Å². The van der Waals surface area contributed by atoms with E-state index in [1.54, 1.807) is 36.4 Å². The van der Waals surface area contributed by atoms with Crippen LogP contribution in [0.4, 0.5) is 0 Å². The average molecular weight is 897 g/mol. The van der Waals surface area contributed by atoms with Gasteiger partial charge in [0.05, 0.1) is 11.1 Å². The molecule has 0 fully saturated rings. The van der Waals surface area contributed by atoms with Gasteiger partial charge < -0.3 is 27.1 Å². The normalized spacial score (nSPS) is 12.3. The van der Waals surface area contributed by atoms with Crippen molar-refractivity contribution in [3.63, 3.8) is 0 Å². The molecule has 0 bridgehead atoms. The zero-order chi connectivity index (χ0) is 46.0. The third kappa shape index (κ3) is 10.1. The van der Waals surface area contributed by atoms with Crippen molar-refractivity contribution in [3.8, 4) is 34.5 Å². The highest BCUT2D eigenvalue weighted by Gasteiger charge is 2.38. The molecular weight excluding hydrogens is 839 g/mol. The van der Waals surface area contributed by atoms with Gasteiger partial charge in [-0.2, -0.15) is 0 Å². The lowest BCUT2D eigenvalue weighted by molar-refractivity contribution is 0.0975. The number of fused-ring (bicyclic) bond motifs is 2. The van der Waals surface area contributed by atoms with Crippen LogP contribution < -0.4 is 27.1 Å². The number of carbonyl (C=O) groups is 2. The van der Waals surface area contributed by atoms with Crippen molar-refractivity contribution in [2.75, 3.05) is 0 Å². The molecule has 10 heteroatoms. The van der Waals surface area contributed by atoms with Crippen LogP contribution in [-0.4, -0.2) is 11.6 Å². The Labute approximate surface area is 381 Å². The van der Waals surface area contributed by atoms with Crippen LogP contribution in [0.25, 0.3) is 0 Å². The zero-order valence-corrected chi connectivity index (χ0v) is 40.7. The second-order valence-corrected chi connectivity index (χ2v) is 19.8. The maximum atomic E-state index is 15.2. The first kappa shape index (κ1) is 46.3. The summed E-state index contributed by atoms with van der Waals surface area (Å²) in [7, 11) is -4.49. The van der Waals surface area contributed by atoms with Crippen LogP contribution in [-0.2, 0) is 0 Å². The molecule has 332 valence electrons. The van der Waals surface area contributed by atoms with Crippen molar-refractivity contribution < 1.29 is 36.7 Å².